The number of ether oxygens (including phenoxy) is 2. The number of carbonyl (C=O) groups is 2. The fourth-order valence-corrected chi connectivity index (χ4v) is 5.02. The van der Waals surface area contributed by atoms with E-state index in [2.05, 4.69) is 4.36 Å². The third kappa shape index (κ3) is 4.02. The molecule has 9 heteroatoms. The molecule has 3 rings (SSSR count). The van der Waals surface area contributed by atoms with Crippen molar-refractivity contribution in [2.24, 2.45) is 4.36 Å². The van der Waals surface area contributed by atoms with Gasteiger partial charge in [0.2, 0.25) is 5.78 Å². The Morgan fingerprint density at radius 1 is 1.30 bits per heavy atom. The Balaban J connectivity index is 2.11. The van der Waals surface area contributed by atoms with E-state index in [-0.39, 0.29) is 57.7 Å². The van der Waals surface area contributed by atoms with Crippen LogP contribution in [0.3, 0.4) is 0 Å². The van der Waals surface area contributed by atoms with Gasteiger partial charge in [-0.3, -0.25) is 9.59 Å². The second-order valence-electron chi connectivity index (χ2n) is 6.29. The molecule has 0 amide bonds. The number of aliphatic hydroxyl groups excluding tert-OH is 1. The van der Waals surface area contributed by atoms with Gasteiger partial charge < -0.3 is 14.6 Å². The molecule has 7 nitrogen and oxygen atoms in total. The van der Waals surface area contributed by atoms with Crippen LogP contribution in [0.5, 0.6) is 5.75 Å². The normalized spacial score (nSPS) is 19.7. The van der Waals surface area contributed by atoms with E-state index in [4.69, 9.17) is 21.1 Å². The third-order valence-electron chi connectivity index (χ3n) is 4.51. The smallest absolute Gasteiger partial charge is 0.201 e. The van der Waals surface area contributed by atoms with Crippen LogP contribution in [0.4, 0.5) is 5.69 Å². The number of carbonyl (C=O) groups excluding carboxylic acids is 2. The standard InChI is InChI=1S/C18H20ClNO6S/c1-25-14-6-5-11(18(23)15-12(21)3-2-4-13(15)22)16(19)17(14)20-27(24)9-7-26-8-10-27/h5-6,21H,2-4,7-10H2,1H3. The molecule has 0 saturated carbocycles. The quantitative estimate of drug-likeness (QED) is 0.600. The lowest BCUT2D eigenvalue weighted by Crippen LogP contribution is -2.25. The van der Waals surface area contributed by atoms with E-state index in [1.807, 2.05) is 0 Å². The Bertz CT molecular complexity index is 933. The summed E-state index contributed by atoms with van der Waals surface area (Å²) >= 11 is 6.42. The van der Waals surface area contributed by atoms with Crippen LogP contribution in [0.15, 0.2) is 27.8 Å². The molecule has 1 aromatic rings. The molecule has 27 heavy (non-hydrogen) atoms. The number of halogens is 1. The van der Waals surface area contributed by atoms with Crippen molar-refractivity contribution >= 4 is 38.6 Å². The molecular formula is C18H20ClNO6S. The summed E-state index contributed by atoms with van der Waals surface area (Å²) in [6.45, 7) is 0.659. The maximum absolute atomic E-state index is 12.9. The number of Topliss-reactive ketones (excluding diaryl/α,β-unsaturated/α-hetero) is 2. The minimum absolute atomic E-state index is 0.0167. The highest BCUT2D eigenvalue weighted by atomic mass is 35.5. The molecule has 0 spiro atoms. The van der Waals surface area contributed by atoms with Gasteiger partial charge in [0, 0.05) is 18.4 Å². The zero-order valence-electron chi connectivity index (χ0n) is 14.8. The predicted octanol–water partition coefficient (Wildman–Crippen LogP) is 3.23. The molecule has 0 aromatic heterocycles. The van der Waals surface area contributed by atoms with Gasteiger partial charge in [0.05, 0.1) is 46.6 Å². The number of hydrogen-bond acceptors (Lipinski definition) is 7. The van der Waals surface area contributed by atoms with Crippen LogP contribution in [-0.4, -0.2) is 52.7 Å². The van der Waals surface area contributed by atoms with E-state index in [1.54, 1.807) is 0 Å². The van der Waals surface area contributed by atoms with Gasteiger partial charge in [-0.15, -0.1) is 0 Å². The third-order valence-corrected chi connectivity index (χ3v) is 7.01. The van der Waals surface area contributed by atoms with E-state index in [9.17, 15) is 18.9 Å². The maximum atomic E-state index is 12.9. The Morgan fingerprint density at radius 3 is 2.63 bits per heavy atom. The number of benzene rings is 1. The van der Waals surface area contributed by atoms with Crippen LogP contribution in [0.25, 0.3) is 0 Å². The Hall–Kier alpha value is -1.90. The van der Waals surface area contributed by atoms with Crippen molar-refractivity contribution in [1.29, 1.82) is 0 Å². The molecule has 0 radical (unpaired) electrons. The Labute approximate surface area is 162 Å². The number of hydrogen-bond donors (Lipinski definition) is 1. The molecule has 1 saturated heterocycles. The van der Waals surface area contributed by atoms with Gasteiger partial charge in [-0.1, -0.05) is 11.6 Å². The first kappa shape index (κ1) is 19.9. The molecule has 1 aromatic carbocycles. The van der Waals surface area contributed by atoms with Crippen LogP contribution in [0.1, 0.15) is 29.6 Å². The van der Waals surface area contributed by atoms with Crippen molar-refractivity contribution in [3.8, 4) is 5.75 Å². The number of rotatable bonds is 4. The Kier molecular flexibility index (Phi) is 5.88. The average Bonchev–Trinajstić information content (AvgIpc) is 2.63. The molecular weight excluding hydrogens is 394 g/mol. The van der Waals surface area contributed by atoms with Crippen molar-refractivity contribution in [1.82, 2.24) is 0 Å². The van der Waals surface area contributed by atoms with Gasteiger partial charge in [-0.2, -0.15) is 4.36 Å². The average molecular weight is 414 g/mol. The molecule has 146 valence electrons. The minimum atomic E-state index is -2.59. The lowest BCUT2D eigenvalue weighted by molar-refractivity contribution is -0.116. The van der Waals surface area contributed by atoms with E-state index >= 15 is 0 Å². The second kappa shape index (κ2) is 8.00. The SMILES string of the molecule is COc1ccc(C(=O)C2=C(O)CCCC2=O)c(Cl)c1N=S1(=O)CCOCC1. The van der Waals surface area contributed by atoms with E-state index in [0.717, 1.165) is 0 Å². The van der Waals surface area contributed by atoms with E-state index in [0.29, 0.717) is 19.6 Å². The maximum Gasteiger partial charge on any atom is 0.201 e. The number of ketones is 2. The molecule has 0 unspecified atom stereocenters. The lowest BCUT2D eigenvalue weighted by Gasteiger charge is -2.18. The highest BCUT2D eigenvalue weighted by Gasteiger charge is 2.30. The van der Waals surface area contributed by atoms with E-state index in [1.165, 1.54) is 19.2 Å². The molecule has 0 bridgehead atoms. The number of allylic oxidation sites excluding steroid dienone is 2. The number of aliphatic hydroxyl groups is 1. The predicted molar refractivity (Wildman–Crippen MR) is 102 cm³/mol. The van der Waals surface area contributed by atoms with Crippen molar-refractivity contribution < 1.29 is 28.4 Å². The summed E-state index contributed by atoms with van der Waals surface area (Å²) in [4.78, 5) is 25.0. The van der Waals surface area contributed by atoms with Crippen molar-refractivity contribution in [3.05, 3.63) is 34.1 Å². The molecule has 0 atom stereocenters. The first-order chi connectivity index (χ1) is 12.9. The fourth-order valence-electron chi connectivity index (χ4n) is 3.03. The summed E-state index contributed by atoms with van der Waals surface area (Å²) in [5.41, 5.74) is -0.113. The number of methoxy groups -OCH3 is 1. The lowest BCUT2D eigenvalue weighted by atomic mass is 9.90. The van der Waals surface area contributed by atoms with Crippen LogP contribution in [-0.2, 0) is 19.3 Å². The topological polar surface area (TPSA) is 102 Å². The van der Waals surface area contributed by atoms with Crippen LogP contribution in [0, 0.1) is 0 Å². The zero-order valence-corrected chi connectivity index (χ0v) is 16.4. The second-order valence-corrected chi connectivity index (χ2v) is 9.21. The van der Waals surface area contributed by atoms with Crippen LogP contribution < -0.4 is 4.74 Å². The molecule has 1 aliphatic heterocycles. The largest absolute Gasteiger partial charge is 0.511 e. The van der Waals surface area contributed by atoms with Crippen molar-refractivity contribution in [2.45, 2.75) is 19.3 Å². The van der Waals surface area contributed by atoms with Crippen molar-refractivity contribution in [2.75, 3.05) is 31.8 Å². The summed E-state index contributed by atoms with van der Waals surface area (Å²) < 4.78 is 27.7. The summed E-state index contributed by atoms with van der Waals surface area (Å²) in [7, 11) is -1.17. The highest BCUT2D eigenvalue weighted by molar-refractivity contribution is 7.93. The van der Waals surface area contributed by atoms with Gasteiger partial charge in [-0.25, -0.2) is 4.21 Å². The van der Waals surface area contributed by atoms with Gasteiger partial charge in [0.25, 0.3) is 0 Å². The van der Waals surface area contributed by atoms with E-state index < -0.39 is 21.3 Å². The summed E-state index contributed by atoms with van der Waals surface area (Å²) in [5.74, 6) is -0.506. The Morgan fingerprint density at radius 2 is 2.00 bits per heavy atom. The summed E-state index contributed by atoms with van der Waals surface area (Å²) in [6, 6.07) is 2.91. The first-order valence-corrected chi connectivity index (χ1v) is 10.8. The molecule has 1 N–H and O–H groups in total. The number of nitrogens with zero attached hydrogens (tertiary/aromatic N) is 1. The monoisotopic (exact) mass is 413 g/mol. The summed E-state index contributed by atoms with van der Waals surface area (Å²) in [5, 5.41) is 9.97. The summed E-state index contributed by atoms with van der Waals surface area (Å²) in [6.07, 6.45) is 0.970. The molecule has 1 heterocycles. The highest BCUT2D eigenvalue weighted by Crippen LogP contribution is 2.40. The van der Waals surface area contributed by atoms with Crippen LogP contribution in [0.2, 0.25) is 5.02 Å². The molecule has 1 fully saturated rings. The first-order valence-electron chi connectivity index (χ1n) is 8.53. The molecule has 1 aliphatic carbocycles. The van der Waals surface area contributed by atoms with Crippen molar-refractivity contribution in [3.63, 3.8) is 0 Å². The van der Waals surface area contributed by atoms with Gasteiger partial charge in [-0.05, 0) is 18.6 Å². The molecule has 2 aliphatic rings. The van der Waals surface area contributed by atoms with Gasteiger partial charge >= 0.3 is 0 Å². The fraction of sp³-hybridized carbons (Fsp3) is 0.444. The zero-order chi connectivity index (χ0) is 19.6. The minimum Gasteiger partial charge on any atom is -0.511 e. The van der Waals surface area contributed by atoms with Gasteiger partial charge in [0.1, 0.15) is 22.8 Å². The van der Waals surface area contributed by atoms with Gasteiger partial charge in [0.15, 0.2) is 5.78 Å². The van der Waals surface area contributed by atoms with Crippen LogP contribution >= 0.6 is 11.6 Å².